The minimum atomic E-state index is -0.707. The van der Waals surface area contributed by atoms with E-state index in [1.54, 1.807) is 0 Å². The van der Waals surface area contributed by atoms with Crippen molar-refractivity contribution in [3.63, 3.8) is 0 Å². The van der Waals surface area contributed by atoms with Crippen molar-refractivity contribution in [2.45, 2.75) is 44.8 Å². The predicted molar refractivity (Wildman–Crippen MR) is 109 cm³/mol. The first kappa shape index (κ1) is 19.9. The number of esters is 1. The fourth-order valence-electron chi connectivity index (χ4n) is 3.39. The molecule has 1 aliphatic heterocycles. The van der Waals surface area contributed by atoms with Crippen LogP contribution in [0.15, 0.2) is 60.7 Å². The van der Waals surface area contributed by atoms with Gasteiger partial charge in [-0.25, -0.2) is 9.59 Å². The van der Waals surface area contributed by atoms with E-state index in [0.29, 0.717) is 6.42 Å². The number of hydrogen-bond acceptors (Lipinski definition) is 3. The van der Waals surface area contributed by atoms with Crippen LogP contribution >= 0.6 is 0 Å². The maximum Gasteiger partial charge on any atom is 0.329 e. The number of benzene rings is 2. The zero-order valence-electron chi connectivity index (χ0n) is 16.2. The molecule has 0 unspecified atom stereocenters. The second-order valence-corrected chi connectivity index (χ2v) is 7.19. The van der Waals surface area contributed by atoms with Gasteiger partial charge in [0.2, 0.25) is 0 Å². The highest BCUT2D eigenvalue weighted by Crippen LogP contribution is 2.12. The maximum atomic E-state index is 12.8. The summed E-state index contributed by atoms with van der Waals surface area (Å²) in [5, 5.41) is 2.91. The number of nitrogens with zero attached hydrogens (tertiary/aromatic N) is 1. The van der Waals surface area contributed by atoms with Gasteiger partial charge in [0.1, 0.15) is 12.6 Å². The number of carbonyl (C=O) groups excluding carboxylic acids is 2. The van der Waals surface area contributed by atoms with Crippen molar-refractivity contribution < 1.29 is 14.3 Å². The first-order valence-electron chi connectivity index (χ1n) is 10.0. The van der Waals surface area contributed by atoms with Gasteiger partial charge in [-0.15, -0.1) is 0 Å². The third-order valence-corrected chi connectivity index (χ3v) is 4.98. The summed E-state index contributed by atoms with van der Waals surface area (Å²) in [7, 11) is 0. The van der Waals surface area contributed by atoms with Gasteiger partial charge < -0.3 is 15.0 Å². The lowest BCUT2D eigenvalue weighted by Crippen LogP contribution is -2.49. The van der Waals surface area contributed by atoms with Gasteiger partial charge in [0.15, 0.2) is 0 Å². The predicted octanol–water partition coefficient (Wildman–Crippen LogP) is 3.93. The molecule has 1 fully saturated rings. The van der Waals surface area contributed by atoms with Gasteiger partial charge in [0.25, 0.3) is 0 Å². The molecule has 2 amide bonds. The third-order valence-electron chi connectivity index (χ3n) is 4.98. The Bertz CT molecular complexity index is 741. The lowest BCUT2D eigenvalue weighted by molar-refractivity contribution is -0.147. The van der Waals surface area contributed by atoms with Crippen LogP contribution in [0, 0.1) is 0 Å². The smallest absolute Gasteiger partial charge is 0.329 e. The first-order valence-corrected chi connectivity index (χ1v) is 10.0. The van der Waals surface area contributed by atoms with Crippen molar-refractivity contribution in [2.75, 3.05) is 13.1 Å². The molecule has 28 heavy (non-hydrogen) atoms. The number of amides is 2. The number of hydrogen-bond donors (Lipinski definition) is 1. The SMILES string of the molecule is O=C(OCc1ccccc1)[C@H](Cc1ccccc1)NC(=O)N1CCCCCC1. The van der Waals surface area contributed by atoms with Crippen molar-refractivity contribution in [1.82, 2.24) is 10.2 Å². The molecule has 148 valence electrons. The Morgan fingerprint density at radius 3 is 2.04 bits per heavy atom. The Morgan fingerprint density at radius 1 is 0.857 bits per heavy atom. The van der Waals surface area contributed by atoms with E-state index in [1.807, 2.05) is 65.6 Å². The summed E-state index contributed by atoms with van der Waals surface area (Å²) in [4.78, 5) is 27.3. The molecule has 3 rings (SSSR count). The van der Waals surface area contributed by atoms with E-state index < -0.39 is 12.0 Å². The molecule has 0 aromatic heterocycles. The molecule has 0 aliphatic carbocycles. The van der Waals surface area contributed by atoms with Gasteiger partial charge in [-0.3, -0.25) is 0 Å². The van der Waals surface area contributed by atoms with Crippen molar-refractivity contribution >= 4 is 12.0 Å². The van der Waals surface area contributed by atoms with Crippen LogP contribution in [0.3, 0.4) is 0 Å². The van der Waals surface area contributed by atoms with E-state index in [2.05, 4.69) is 5.32 Å². The minimum Gasteiger partial charge on any atom is -0.459 e. The van der Waals surface area contributed by atoms with Crippen LogP contribution < -0.4 is 5.32 Å². The Morgan fingerprint density at radius 2 is 1.43 bits per heavy atom. The molecule has 1 saturated heterocycles. The Labute approximate surface area is 166 Å². The molecular formula is C23H28N2O3. The van der Waals surface area contributed by atoms with Crippen LogP contribution in [0.2, 0.25) is 0 Å². The number of carbonyl (C=O) groups is 2. The maximum absolute atomic E-state index is 12.8. The van der Waals surface area contributed by atoms with Crippen LogP contribution in [0.5, 0.6) is 0 Å². The van der Waals surface area contributed by atoms with E-state index in [-0.39, 0.29) is 12.6 Å². The number of rotatable bonds is 6. The van der Waals surface area contributed by atoms with Crippen LogP contribution in [-0.4, -0.2) is 36.0 Å². The molecule has 2 aromatic rings. The number of nitrogens with one attached hydrogen (secondary N) is 1. The fraction of sp³-hybridized carbons (Fsp3) is 0.391. The minimum absolute atomic E-state index is 0.181. The lowest BCUT2D eigenvalue weighted by Gasteiger charge is -2.24. The summed E-state index contributed by atoms with van der Waals surface area (Å²) < 4.78 is 5.50. The van der Waals surface area contributed by atoms with Crippen molar-refractivity contribution in [1.29, 1.82) is 0 Å². The topological polar surface area (TPSA) is 58.6 Å². The molecule has 0 spiro atoms. The van der Waals surface area contributed by atoms with Crippen LogP contribution in [0.1, 0.15) is 36.8 Å². The number of urea groups is 1. The average Bonchev–Trinajstić information content (AvgIpc) is 3.03. The van der Waals surface area contributed by atoms with Crippen LogP contribution in [0.4, 0.5) is 4.79 Å². The summed E-state index contributed by atoms with van der Waals surface area (Å²) in [6, 6.07) is 18.4. The largest absolute Gasteiger partial charge is 0.459 e. The average molecular weight is 380 g/mol. The van der Waals surface area contributed by atoms with Crippen LogP contribution in [-0.2, 0) is 22.6 Å². The number of ether oxygens (including phenoxy) is 1. The van der Waals surface area contributed by atoms with E-state index >= 15 is 0 Å². The Kier molecular flexibility index (Phi) is 7.47. The quantitative estimate of drug-likeness (QED) is 0.773. The summed E-state index contributed by atoms with van der Waals surface area (Å²) in [6.07, 6.45) is 4.73. The van der Waals surface area contributed by atoms with Gasteiger partial charge in [0.05, 0.1) is 0 Å². The summed E-state index contributed by atoms with van der Waals surface area (Å²) in [5.74, 6) is -0.407. The Hall–Kier alpha value is -2.82. The zero-order chi connectivity index (χ0) is 19.6. The second-order valence-electron chi connectivity index (χ2n) is 7.19. The van der Waals surface area contributed by atoms with E-state index in [9.17, 15) is 9.59 Å². The fourth-order valence-corrected chi connectivity index (χ4v) is 3.39. The van der Waals surface area contributed by atoms with E-state index in [0.717, 1.165) is 49.9 Å². The zero-order valence-corrected chi connectivity index (χ0v) is 16.2. The molecule has 0 saturated carbocycles. The summed E-state index contributed by atoms with van der Waals surface area (Å²) in [6.45, 7) is 1.68. The number of likely N-dealkylation sites (tertiary alicyclic amines) is 1. The van der Waals surface area contributed by atoms with E-state index in [1.165, 1.54) is 0 Å². The first-order chi connectivity index (χ1) is 13.7. The molecule has 1 atom stereocenters. The molecule has 0 radical (unpaired) electrons. The highest BCUT2D eigenvalue weighted by atomic mass is 16.5. The monoisotopic (exact) mass is 380 g/mol. The van der Waals surface area contributed by atoms with Crippen molar-refractivity contribution in [3.05, 3.63) is 71.8 Å². The van der Waals surface area contributed by atoms with Crippen molar-refractivity contribution in [2.24, 2.45) is 0 Å². The molecular weight excluding hydrogens is 352 g/mol. The van der Waals surface area contributed by atoms with Gasteiger partial charge in [-0.1, -0.05) is 73.5 Å². The van der Waals surface area contributed by atoms with Gasteiger partial charge in [-0.05, 0) is 24.0 Å². The molecule has 2 aromatic carbocycles. The highest BCUT2D eigenvalue weighted by molar-refractivity contribution is 5.84. The molecule has 5 nitrogen and oxygen atoms in total. The van der Waals surface area contributed by atoms with E-state index in [4.69, 9.17) is 4.74 Å². The standard InChI is InChI=1S/C23H28N2O3/c26-22(28-18-20-13-7-4-8-14-20)21(17-19-11-5-3-6-12-19)24-23(27)25-15-9-1-2-10-16-25/h3-8,11-14,21H,1-2,9-10,15-18H2,(H,24,27)/t21-/m0/s1. The normalized spacial score (nSPS) is 15.4. The Balaban J connectivity index is 1.65. The summed E-state index contributed by atoms with van der Waals surface area (Å²) in [5.41, 5.74) is 1.91. The third kappa shape index (κ3) is 6.12. The second kappa shape index (κ2) is 10.5. The molecule has 5 heteroatoms. The molecule has 0 bridgehead atoms. The molecule has 1 aliphatic rings. The summed E-state index contributed by atoms with van der Waals surface area (Å²) >= 11 is 0. The van der Waals surface area contributed by atoms with Gasteiger partial charge in [0, 0.05) is 19.5 Å². The molecule has 1 N–H and O–H groups in total. The van der Waals surface area contributed by atoms with Gasteiger partial charge >= 0.3 is 12.0 Å². The lowest BCUT2D eigenvalue weighted by atomic mass is 10.1. The highest BCUT2D eigenvalue weighted by Gasteiger charge is 2.25. The van der Waals surface area contributed by atoms with Gasteiger partial charge in [-0.2, -0.15) is 0 Å². The molecule has 1 heterocycles. The van der Waals surface area contributed by atoms with Crippen molar-refractivity contribution in [3.8, 4) is 0 Å². The van der Waals surface area contributed by atoms with Crippen LogP contribution in [0.25, 0.3) is 0 Å².